The molecule has 0 aliphatic heterocycles. The molecule has 1 saturated carbocycles. The van der Waals surface area contributed by atoms with Crippen molar-refractivity contribution in [3.05, 3.63) is 59.2 Å². The number of nitrogens with two attached hydrogens (primary N) is 1. The van der Waals surface area contributed by atoms with E-state index in [1.54, 1.807) is 6.07 Å². The van der Waals surface area contributed by atoms with Crippen LogP contribution in [0.4, 0.5) is 13.2 Å². The topological polar surface area (TPSA) is 80.4 Å². The Morgan fingerprint density at radius 2 is 1.61 bits per heavy atom. The zero-order valence-electron chi connectivity index (χ0n) is 19.3. The number of hydrogen-bond donors (Lipinski definition) is 2. The quantitative estimate of drug-likeness (QED) is 0.528. The molecule has 0 saturated heterocycles. The van der Waals surface area contributed by atoms with E-state index in [-0.39, 0.29) is 5.91 Å². The van der Waals surface area contributed by atoms with E-state index in [2.05, 4.69) is 45.0 Å². The molecule has 0 unspecified atom stereocenters. The number of alkyl halides is 3. The van der Waals surface area contributed by atoms with Crippen LogP contribution < -0.4 is 5.73 Å². The molecule has 3 rings (SSSR count). The second kappa shape index (κ2) is 10.9. The van der Waals surface area contributed by atoms with Gasteiger partial charge < -0.3 is 10.8 Å². The predicted octanol–water partition coefficient (Wildman–Crippen LogP) is 6.54. The summed E-state index contributed by atoms with van der Waals surface area (Å²) in [5.74, 6) is -2.25. The van der Waals surface area contributed by atoms with E-state index in [4.69, 9.17) is 15.6 Å². The lowest BCUT2D eigenvalue weighted by atomic mass is 9.72. The number of amides is 1. The highest BCUT2D eigenvalue weighted by Crippen LogP contribution is 2.39. The Hall–Kier alpha value is -2.83. The van der Waals surface area contributed by atoms with Crippen molar-refractivity contribution >= 4 is 11.9 Å². The summed E-state index contributed by atoms with van der Waals surface area (Å²) in [7, 11) is 0. The number of carbonyl (C=O) groups excluding carboxylic acids is 1. The van der Waals surface area contributed by atoms with Gasteiger partial charge in [-0.15, -0.1) is 0 Å². The third-order valence-electron chi connectivity index (χ3n) is 6.33. The van der Waals surface area contributed by atoms with Crippen LogP contribution in [-0.2, 0) is 11.2 Å². The molecule has 0 spiro atoms. The third kappa shape index (κ3) is 8.22. The lowest BCUT2D eigenvalue weighted by Gasteiger charge is -2.34. The van der Waals surface area contributed by atoms with E-state index in [9.17, 15) is 18.0 Å². The largest absolute Gasteiger partial charge is 0.490 e. The number of carboxylic acid groups (broad SMARTS) is 1. The fourth-order valence-corrected chi connectivity index (χ4v) is 4.06. The minimum atomic E-state index is -5.08. The van der Waals surface area contributed by atoms with Crippen molar-refractivity contribution in [2.24, 2.45) is 17.1 Å². The van der Waals surface area contributed by atoms with Gasteiger partial charge >= 0.3 is 12.1 Å². The van der Waals surface area contributed by atoms with Gasteiger partial charge in [-0.05, 0) is 91.2 Å². The molecule has 1 amide bonds. The van der Waals surface area contributed by atoms with Gasteiger partial charge in [-0.25, -0.2) is 4.79 Å². The normalized spacial score (nSPS) is 15.9. The first-order valence-corrected chi connectivity index (χ1v) is 11.1. The summed E-state index contributed by atoms with van der Waals surface area (Å²) in [4.78, 5) is 20.3. The Bertz CT molecular complexity index is 956. The molecule has 3 N–H and O–H groups in total. The highest BCUT2D eigenvalue weighted by atomic mass is 19.4. The van der Waals surface area contributed by atoms with Crippen LogP contribution in [0, 0.1) is 18.3 Å². The molecule has 0 heterocycles. The maximum atomic E-state index is 11.4. The number of aliphatic carboxylic acids is 1. The summed E-state index contributed by atoms with van der Waals surface area (Å²) in [6.07, 6.45) is 2.86. The van der Waals surface area contributed by atoms with E-state index in [1.807, 2.05) is 12.1 Å². The average molecular weight is 464 g/mol. The predicted molar refractivity (Wildman–Crippen MR) is 123 cm³/mol. The van der Waals surface area contributed by atoms with E-state index >= 15 is 0 Å². The SMILES string of the molecule is Cc1ccc(C(N)=O)cc1-c1ccc(CCC2CCC(C)(C)CC2)cc1.O=C(O)C(F)(F)F. The van der Waals surface area contributed by atoms with Crippen molar-refractivity contribution in [3.8, 4) is 11.1 Å². The standard InChI is InChI=1S/C24H31NO.C2HF3O2/c1-17-4-9-21(23(25)26)16-22(17)20-10-7-18(8-11-20)5-6-19-12-14-24(2,3)15-13-19;3-2(4,5)1(6)7/h4,7-11,16,19H,5-6,12-15H2,1-3H3,(H2,25,26);(H,6,7). The number of hydrogen-bond acceptors (Lipinski definition) is 2. The van der Waals surface area contributed by atoms with E-state index in [1.165, 1.54) is 37.7 Å². The molecule has 4 nitrogen and oxygen atoms in total. The Balaban J connectivity index is 0.000000479. The molecule has 0 atom stereocenters. The smallest absolute Gasteiger partial charge is 0.475 e. The number of rotatable bonds is 5. The highest BCUT2D eigenvalue weighted by molar-refractivity contribution is 5.94. The van der Waals surface area contributed by atoms with Gasteiger partial charge in [0.2, 0.25) is 5.91 Å². The van der Waals surface area contributed by atoms with E-state index in [0.717, 1.165) is 29.0 Å². The van der Waals surface area contributed by atoms with Gasteiger partial charge in [-0.3, -0.25) is 4.79 Å². The van der Waals surface area contributed by atoms with Crippen molar-refractivity contribution < 1.29 is 27.9 Å². The van der Waals surface area contributed by atoms with Gasteiger partial charge in [0.25, 0.3) is 0 Å². The summed E-state index contributed by atoms with van der Waals surface area (Å²) in [6, 6.07) is 14.5. The molecule has 0 aromatic heterocycles. The maximum Gasteiger partial charge on any atom is 0.490 e. The van der Waals surface area contributed by atoms with Crippen LogP contribution in [-0.4, -0.2) is 23.2 Å². The zero-order valence-corrected chi connectivity index (χ0v) is 19.3. The minimum Gasteiger partial charge on any atom is -0.475 e. The summed E-state index contributed by atoms with van der Waals surface area (Å²) < 4.78 is 31.7. The molecule has 2 aromatic carbocycles. The molecule has 1 aliphatic carbocycles. The Morgan fingerprint density at radius 3 is 2.09 bits per heavy atom. The Morgan fingerprint density at radius 1 is 1.06 bits per heavy atom. The van der Waals surface area contributed by atoms with Crippen molar-refractivity contribution in [3.63, 3.8) is 0 Å². The van der Waals surface area contributed by atoms with Crippen LogP contribution in [0.15, 0.2) is 42.5 Å². The van der Waals surface area contributed by atoms with Crippen molar-refractivity contribution in [2.45, 2.75) is 65.5 Å². The highest BCUT2D eigenvalue weighted by Gasteiger charge is 2.38. The number of carboxylic acids is 1. The Kier molecular flexibility index (Phi) is 8.69. The fourth-order valence-electron chi connectivity index (χ4n) is 4.06. The summed E-state index contributed by atoms with van der Waals surface area (Å²) in [6.45, 7) is 6.87. The number of halogens is 3. The van der Waals surface area contributed by atoms with E-state index < -0.39 is 12.1 Å². The molecule has 1 fully saturated rings. The van der Waals surface area contributed by atoms with Gasteiger partial charge in [0.1, 0.15) is 0 Å². The molecular formula is C26H32F3NO3. The zero-order chi connectivity index (χ0) is 24.8. The second-order valence-electron chi connectivity index (χ2n) is 9.54. The van der Waals surface area contributed by atoms with Crippen LogP contribution in [0.3, 0.4) is 0 Å². The number of carbonyl (C=O) groups is 2. The first kappa shape index (κ1) is 26.4. The first-order chi connectivity index (χ1) is 15.3. The summed E-state index contributed by atoms with van der Waals surface area (Å²) in [5.41, 5.74) is 11.3. The lowest BCUT2D eigenvalue weighted by Crippen LogP contribution is -2.21. The van der Waals surface area contributed by atoms with Gasteiger partial charge in [-0.1, -0.05) is 44.2 Å². The average Bonchev–Trinajstić information content (AvgIpc) is 2.73. The molecule has 180 valence electrons. The van der Waals surface area contributed by atoms with Crippen molar-refractivity contribution in [2.75, 3.05) is 0 Å². The monoisotopic (exact) mass is 463 g/mol. The van der Waals surface area contributed by atoms with Crippen LogP contribution >= 0.6 is 0 Å². The molecule has 1 aliphatic rings. The number of benzene rings is 2. The van der Waals surface area contributed by atoms with Crippen LogP contribution in [0.1, 0.15) is 67.4 Å². The van der Waals surface area contributed by atoms with E-state index in [0.29, 0.717) is 11.0 Å². The van der Waals surface area contributed by atoms with Gasteiger partial charge in [0.05, 0.1) is 0 Å². The number of aryl methyl sites for hydroxylation is 2. The minimum absolute atomic E-state index is 0.376. The first-order valence-electron chi connectivity index (χ1n) is 11.1. The maximum absolute atomic E-state index is 11.4. The molecule has 0 radical (unpaired) electrons. The Labute approximate surface area is 193 Å². The second-order valence-corrected chi connectivity index (χ2v) is 9.54. The molecule has 33 heavy (non-hydrogen) atoms. The summed E-state index contributed by atoms with van der Waals surface area (Å²) in [5, 5.41) is 7.12. The van der Waals surface area contributed by atoms with Crippen molar-refractivity contribution in [1.82, 2.24) is 0 Å². The third-order valence-corrected chi connectivity index (χ3v) is 6.33. The van der Waals surface area contributed by atoms with Gasteiger partial charge in [0, 0.05) is 5.56 Å². The molecule has 0 bridgehead atoms. The molecule has 2 aromatic rings. The van der Waals surface area contributed by atoms with Gasteiger partial charge in [0.15, 0.2) is 0 Å². The van der Waals surface area contributed by atoms with Gasteiger partial charge in [-0.2, -0.15) is 13.2 Å². The van der Waals surface area contributed by atoms with Crippen LogP contribution in [0.5, 0.6) is 0 Å². The molecule has 7 heteroatoms. The fraction of sp³-hybridized carbons (Fsp3) is 0.462. The van der Waals surface area contributed by atoms with Crippen molar-refractivity contribution in [1.29, 1.82) is 0 Å². The number of primary amides is 1. The van der Waals surface area contributed by atoms with Crippen LogP contribution in [0.2, 0.25) is 0 Å². The lowest BCUT2D eigenvalue weighted by molar-refractivity contribution is -0.192. The summed E-state index contributed by atoms with van der Waals surface area (Å²) >= 11 is 0. The molecular weight excluding hydrogens is 431 g/mol. The van der Waals surface area contributed by atoms with Crippen LogP contribution in [0.25, 0.3) is 11.1 Å².